The van der Waals surface area contributed by atoms with Gasteiger partial charge in [-0.2, -0.15) is 0 Å². The second-order valence-corrected chi connectivity index (χ2v) is 29.3. The van der Waals surface area contributed by atoms with Crippen LogP contribution < -0.4 is 17.2 Å². The third-order valence-corrected chi connectivity index (χ3v) is 19.1. The molecule has 0 unspecified atom stereocenters. The Balaban J connectivity index is 7.83. The van der Waals surface area contributed by atoms with Crippen LogP contribution in [0.3, 0.4) is 0 Å². The number of hydrogen-bond acceptors (Lipinski definition) is 37. The highest BCUT2D eigenvalue weighted by Gasteiger charge is 2.34. The van der Waals surface area contributed by atoms with E-state index in [4.69, 9.17) is 117 Å². The number of carbonyl (C=O) groups excluding carboxylic acids is 13. The first-order valence-electron chi connectivity index (χ1n) is 44.6. The maximum Gasteiger partial charge on any atom is 0.242 e. The van der Waals surface area contributed by atoms with Crippen molar-refractivity contribution in [3.63, 3.8) is 0 Å². The van der Waals surface area contributed by atoms with Crippen LogP contribution in [0, 0.1) is 0 Å². The minimum absolute atomic E-state index is 0.0113. The van der Waals surface area contributed by atoms with Crippen LogP contribution >= 0.6 is 0 Å². The van der Waals surface area contributed by atoms with Gasteiger partial charge < -0.3 is 175 Å². The molecule has 0 aliphatic rings. The minimum atomic E-state index is -0.821. The maximum atomic E-state index is 15.1. The molecule has 0 rings (SSSR count). The van der Waals surface area contributed by atoms with Crippen molar-refractivity contribution in [3.05, 3.63) is 0 Å². The lowest BCUT2D eigenvalue weighted by molar-refractivity contribution is -0.150. The van der Waals surface area contributed by atoms with Crippen LogP contribution in [0.4, 0.5) is 0 Å². The van der Waals surface area contributed by atoms with E-state index < -0.39 is 143 Å². The summed E-state index contributed by atoms with van der Waals surface area (Å²) in [4.78, 5) is 201. The number of methoxy groups -OCH3 is 9. The van der Waals surface area contributed by atoms with Crippen LogP contribution in [0.2, 0.25) is 0 Å². The van der Waals surface area contributed by atoms with Gasteiger partial charge in [-0.3, -0.25) is 62.3 Å². The molecule has 49 heteroatoms. The van der Waals surface area contributed by atoms with Gasteiger partial charge in [0.2, 0.25) is 70.9 Å². The second-order valence-electron chi connectivity index (χ2n) is 29.3. The van der Waals surface area contributed by atoms with Crippen LogP contribution in [-0.2, 0) is 162 Å². The van der Waals surface area contributed by atoms with Crippen molar-refractivity contribution in [2.75, 3.05) is 459 Å². The Morgan fingerprint density at radius 2 is 0.278 bits per heavy atom. The summed E-state index contributed by atoms with van der Waals surface area (Å²) < 4.78 is 114. The molecule has 0 aromatic heterocycles. The molecular weight excluding hydrogens is 1760 g/mol. The smallest absolute Gasteiger partial charge is 0.242 e. The average molecular weight is 1920 g/mol. The average Bonchev–Trinajstić information content (AvgIpc) is 0.858. The van der Waals surface area contributed by atoms with Crippen LogP contribution in [0.5, 0.6) is 0 Å². The molecule has 774 valence electrons. The van der Waals surface area contributed by atoms with Crippen molar-refractivity contribution >= 4 is 76.7 Å². The Morgan fingerprint density at radius 3 is 0.421 bits per heavy atom. The van der Waals surface area contributed by atoms with Crippen molar-refractivity contribution in [2.24, 2.45) is 17.2 Å². The van der Waals surface area contributed by atoms with Crippen LogP contribution in [0.25, 0.3) is 0 Å². The van der Waals surface area contributed by atoms with E-state index in [1.165, 1.54) is 90.3 Å². The minimum Gasteiger partial charge on any atom is -0.383 e. The lowest BCUT2D eigenvalue weighted by Crippen LogP contribution is -2.54. The van der Waals surface area contributed by atoms with Crippen molar-refractivity contribution in [1.82, 2.24) is 58.8 Å². The molecule has 0 aromatic rings. The van der Waals surface area contributed by atoms with E-state index in [1.54, 1.807) is 7.11 Å². The number of nitrogens with two attached hydrogens (primary N) is 3. The molecule has 0 saturated carbocycles. The maximum absolute atomic E-state index is 15.1. The van der Waals surface area contributed by atoms with Gasteiger partial charge in [0.1, 0.15) is 5.78 Å². The number of carbonyl (C=O) groups is 13. The van der Waals surface area contributed by atoms with Gasteiger partial charge in [-0.15, -0.1) is 0 Å². The number of hydrogen-bond donors (Lipinski definition) is 3. The molecule has 6 N–H and O–H groups in total. The molecule has 0 radical (unpaired) electrons. The zero-order chi connectivity index (χ0) is 98.7. The number of ether oxygens (including phenoxy) is 21. The fourth-order valence-corrected chi connectivity index (χ4v) is 11.6. The van der Waals surface area contributed by atoms with E-state index in [9.17, 15) is 47.9 Å². The number of ketones is 1. The molecule has 133 heavy (non-hydrogen) atoms. The Morgan fingerprint density at radius 1 is 0.158 bits per heavy atom. The Bertz CT molecular complexity index is 3080. The number of nitrogens with zero attached hydrogens (tertiary/aromatic N) is 12. The number of amides is 12. The normalized spacial score (nSPS) is 11.2. The summed E-state index contributed by atoms with van der Waals surface area (Å²) in [5, 5.41) is 0. The summed E-state index contributed by atoms with van der Waals surface area (Å²) in [6.45, 7) is -3.25. The standard InChI is InChI=1S/C84H159N15O34/c1-72(100)60-91(21-30-122-48-54-128-42-36-116-6)77(105)66-92(18-27-113-3)81(109)70-98(25-34-126-52-58-132-46-40-120-10)78(106)62-89(16-13-86)76(104)65-97(24-33-125-51-57-131-45-39-119-9)84(112)68-94(20-29-115-5)82(110)71-99(26-35-127-53-59-133-47-41-121-11)79(107)63-90(17-14-87)75(103)64-96(23-32-124-50-56-130-44-38-118-8)83(111)67-93(19-28-114-4)80(108)69-95(22-31-123-49-55-129-43-37-117-7)74(102)61-88(15-12-85)73(2)101/h12-71,85-87H2,1-11H3. The molecule has 49 nitrogen and oxygen atoms in total. The zero-order valence-electron chi connectivity index (χ0n) is 80.9. The summed E-state index contributed by atoms with van der Waals surface area (Å²) in [5.41, 5.74) is 18.1. The molecule has 12 amide bonds. The van der Waals surface area contributed by atoms with Crippen LogP contribution in [-0.4, -0.2) is 594 Å². The molecular formula is C84H159N15O34. The first-order valence-corrected chi connectivity index (χ1v) is 44.6. The predicted molar refractivity (Wildman–Crippen MR) is 479 cm³/mol. The summed E-state index contributed by atoms with van der Waals surface area (Å²) in [6.07, 6.45) is 0. The quantitative estimate of drug-likeness (QED) is 0.0476. The molecule has 0 aliphatic carbocycles. The van der Waals surface area contributed by atoms with E-state index >= 15 is 14.4 Å². The summed E-state index contributed by atoms with van der Waals surface area (Å²) in [5.74, 6) is -9.06. The van der Waals surface area contributed by atoms with Gasteiger partial charge in [0.05, 0.1) is 297 Å². The Hall–Kier alpha value is -7.65. The molecule has 0 heterocycles. The van der Waals surface area contributed by atoms with Gasteiger partial charge in [-0.25, -0.2) is 0 Å². The fraction of sp³-hybridized carbons (Fsp3) is 0.845. The molecule has 0 atom stereocenters. The summed E-state index contributed by atoms with van der Waals surface area (Å²) in [6, 6.07) is 0. The molecule has 0 aromatic carbocycles. The third-order valence-electron chi connectivity index (χ3n) is 19.1. The van der Waals surface area contributed by atoms with Gasteiger partial charge in [-0.05, 0) is 6.92 Å². The van der Waals surface area contributed by atoms with Crippen LogP contribution in [0.15, 0.2) is 0 Å². The highest BCUT2D eigenvalue weighted by Crippen LogP contribution is 2.11. The van der Waals surface area contributed by atoms with E-state index in [0.29, 0.717) is 52.9 Å². The highest BCUT2D eigenvalue weighted by molar-refractivity contribution is 5.95. The van der Waals surface area contributed by atoms with Crippen molar-refractivity contribution < 1.29 is 162 Å². The lowest BCUT2D eigenvalue weighted by atomic mass is 10.3. The molecule has 0 aliphatic heterocycles. The van der Waals surface area contributed by atoms with E-state index in [2.05, 4.69) is 0 Å². The van der Waals surface area contributed by atoms with E-state index in [1.807, 2.05) is 0 Å². The van der Waals surface area contributed by atoms with Crippen molar-refractivity contribution in [2.45, 2.75) is 13.8 Å². The van der Waals surface area contributed by atoms with E-state index in [0.717, 1.165) is 39.2 Å². The van der Waals surface area contributed by atoms with Gasteiger partial charge in [-0.1, -0.05) is 0 Å². The first-order chi connectivity index (χ1) is 64.3. The number of rotatable bonds is 93. The van der Waals surface area contributed by atoms with Crippen molar-refractivity contribution in [3.8, 4) is 0 Å². The monoisotopic (exact) mass is 1920 g/mol. The van der Waals surface area contributed by atoms with Gasteiger partial charge in [0, 0.05) is 169 Å². The Kier molecular flexibility index (Phi) is 81.0. The molecule has 0 spiro atoms. The molecule has 0 saturated heterocycles. The van der Waals surface area contributed by atoms with Gasteiger partial charge >= 0.3 is 0 Å². The second kappa shape index (κ2) is 86.0. The predicted octanol–water partition coefficient (Wildman–Crippen LogP) is -7.57. The summed E-state index contributed by atoms with van der Waals surface area (Å²) in [7, 11) is 13.3. The topological polar surface area (TPSA) is 533 Å². The fourth-order valence-electron chi connectivity index (χ4n) is 11.6. The Labute approximate surface area is 784 Å². The molecule has 0 fully saturated rings. The lowest BCUT2D eigenvalue weighted by Gasteiger charge is -2.33. The van der Waals surface area contributed by atoms with Crippen LogP contribution in [0.1, 0.15) is 13.8 Å². The zero-order valence-corrected chi connectivity index (χ0v) is 80.9. The SMILES string of the molecule is COCCOCCOCCN(CC(C)=O)C(=O)CN(CCOC)C(=O)CN(CCOCCOCCOC)C(=O)CN(CCN)C(=O)CN(CCOCCOCCOC)C(=O)CN(CCOC)C(=O)CN(CCOCCOCCOC)C(=O)CN(CCN)C(=O)CN(CCOCCOCCOC)C(=O)CN(CCOC)C(=O)CN(CCOCCOCCOC)C(=O)CN(CCN)C(C)=O. The van der Waals surface area contributed by atoms with E-state index in [-0.39, 0.29) is 276 Å². The highest BCUT2D eigenvalue weighted by atomic mass is 16.6. The third kappa shape index (κ3) is 64.9. The largest absolute Gasteiger partial charge is 0.383 e. The summed E-state index contributed by atoms with van der Waals surface area (Å²) >= 11 is 0. The van der Waals surface area contributed by atoms with Gasteiger partial charge in [0.15, 0.2) is 0 Å². The number of Topliss-reactive ketones (excluding diaryl/α,β-unsaturated/α-hetero) is 1. The van der Waals surface area contributed by atoms with Gasteiger partial charge in [0.25, 0.3) is 0 Å². The first kappa shape index (κ1) is 125. The van der Waals surface area contributed by atoms with Crippen molar-refractivity contribution in [1.29, 1.82) is 0 Å². The molecule has 0 bridgehead atoms.